The molecule has 25 heavy (non-hydrogen) atoms. The Bertz CT molecular complexity index is 864. The zero-order valence-corrected chi connectivity index (χ0v) is 15.3. The number of nitrogens with two attached hydrogens (primary N) is 1. The van der Waals surface area contributed by atoms with E-state index in [0.717, 1.165) is 0 Å². The molecule has 0 aliphatic carbocycles. The first-order valence-corrected chi connectivity index (χ1v) is 10.3. The molecule has 2 bridgehead atoms. The van der Waals surface area contributed by atoms with Crippen LogP contribution in [0.2, 0.25) is 0 Å². The van der Waals surface area contributed by atoms with Gasteiger partial charge in [0, 0.05) is 7.11 Å². The number of ether oxygens (including phenoxy) is 2. The second kappa shape index (κ2) is 5.92. The van der Waals surface area contributed by atoms with Crippen molar-refractivity contribution in [1.29, 1.82) is 0 Å². The van der Waals surface area contributed by atoms with Crippen LogP contribution in [0.5, 0.6) is 0 Å². The zero-order chi connectivity index (χ0) is 17.8. The van der Waals surface area contributed by atoms with E-state index >= 15 is 0 Å². The van der Waals surface area contributed by atoms with Crippen LogP contribution >= 0.6 is 6.72 Å². The van der Waals surface area contributed by atoms with Crippen molar-refractivity contribution in [2.24, 2.45) is 0 Å². The summed E-state index contributed by atoms with van der Waals surface area (Å²) >= 11 is 5.00. The van der Waals surface area contributed by atoms with Crippen molar-refractivity contribution >= 4 is 35.5 Å². The highest BCUT2D eigenvalue weighted by molar-refractivity contribution is 8.07. The summed E-state index contributed by atoms with van der Waals surface area (Å²) in [6, 6.07) is 0. The molecular weight excluding hydrogens is 369 g/mol. The van der Waals surface area contributed by atoms with Crippen molar-refractivity contribution in [2.45, 2.75) is 37.4 Å². The molecular formula is C13H18N5O5PS. The second-order valence-corrected chi connectivity index (χ2v) is 8.86. The van der Waals surface area contributed by atoms with Crippen molar-refractivity contribution < 1.29 is 23.4 Å². The second-order valence-electron chi connectivity index (χ2n) is 5.96. The number of aromatic nitrogens is 4. The number of nitrogens with zero attached hydrogens (tertiary/aromatic N) is 4. The molecule has 4 rings (SSSR count). The molecule has 0 aromatic carbocycles. The number of rotatable bonds is 5. The van der Waals surface area contributed by atoms with E-state index < -0.39 is 30.8 Å². The van der Waals surface area contributed by atoms with Gasteiger partial charge in [-0.05, 0) is 18.2 Å². The maximum atomic E-state index is 10.1. The quantitative estimate of drug-likeness (QED) is 0.709. The Labute approximate surface area is 148 Å². The third-order valence-corrected chi connectivity index (χ3v) is 6.37. The van der Waals surface area contributed by atoms with E-state index in [2.05, 4.69) is 15.0 Å². The van der Waals surface area contributed by atoms with Gasteiger partial charge in [-0.2, -0.15) is 0 Å². The van der Waals surface area contributed by atoms with Crippen LogP contribution in [-0.2, 0) is 30.3 Å². The Morgan fingerprint density at radius 2 is 2.32 bits per heavy atom. The third kappa shape index (κ3) is 2.58. The summed E-state index contributed by atoms with van der Waals surface area (Å²) in [5, 5.41) is 0. The van der Waals surface area contributed by atoms with E-state index in [0.29, 0.717) is 24.2 Å². The fourth-order valence-electron chi connectivity index (χ4n) is 3.35. The van der Waals surface area contributed by atoms with E-state index in [9.17, 15) is 4.89 Å². The van der Waals surface area contributed by atoms with Crippen LogP contribution in [0, 0.1) is 0 Å². The summed E-state index contributed by atoms with van der Waals surface area (Å²) in [7, 11) is 1.32. The normalized spacial score (nSPS) is 33.8. The van der Waals surface area contributed by atoms with Crippen molar-refractivity contribution in [3.63, 3.8) is 0 Å². The molecule has 2 aromatic heterocycles. The molecule has 2 aliphatic rings. The fraction of sp³-hybridized carbons (Fsp3) is 0.615. The summed E-state index contributed by atoms with van der Waals surface area (Å²) in [6.07, 6.45) is 1.98. The zero-order valence-electron chi connectivity index (χ0n) is 13.6. The van der Waals surface area contributed by atoms with Crippen molar-refractivity contribution in [2.75, 3.05) is 19.5 Å². The summed E-state index contributed by atoms with van der Waals surface area (Å²) in [5.74, 6) is 0.288. The van der Waals surface area contributed by atoms with Gasteiger partial charge in [0.25, 0.3) is 0 Å². The molecule has 2 unspecified atom stereocenters. The number of hydrogen-bond acceptors (Lipinski definition) is 9. The maximum Gasteiger partial charge on any atom is 0.324 e. The third-order valence-electron chi connectivity index (χ3n) is 4.71. The SMILES string of the molecule is CC[C@@]12CO[C@@H](C1OP(O)(=S)OC)[C@H](n1cnc3c(N)ncnc31)O2. The maximum absolute atomic E-state index is 10.1. The molecule has 2 aliphatic heterocycles. The molecule has 0 amide bonds. The molecule has 5 atom stereocenters. The van der Waals surface area contributed by atoms with Gasteiger partial charge in [0.1, 0.15) is 29.7 Å². The molecule has 2 aromatic rings. The molecule has 2 fully saturated rings. The van der Waals surface area contributed by atoms with Gasteiger partial charge in [0.05, 0.1) is 12.9 Å². The Morgan fingerprint density at radius 1 is 1.52 bits per heavy atom. The van der Waals surface area contributed by atoms with Crippen LogP contribution in [0.15, 0.2) is 12.7 Å². The van der Waals surface area contributed by atoms with Gasteiger partial charge < -0.3 is 24.6 Å². The minimum absolute atomic E-state index is 0.288. The van der Waals surface area contributed by atoms with E-state index in [-0.39, 0.29) is 5.82 Å². The van der Waals surface area contributed by atoms with E-state index in [1.54, 1.807) is 10.9 Å². The molecule has 136 valence electrons. The van der Waals surface area contributed by atoms with E-state index in [1.165, 1.54) is 13.4 Å². The summed E-state index contributed by atoms with van der Waals surface area (Å²) < 4.78 is 24.5. The lowest BCUT2D eigenvalue weighted by molar-refractivity contribution is -0.173. The number of hydrogen-bond donors (Lipinski definition) is 2. The molecule has 12 heteroatoms. The molecule has 0 radical (unpaired) electrons. The monoisotopic (exact) mass is 387 g/mol. The van der Waals surface area contributed by atoms with Gasteiger partial charge in [0.2, 0.25) is 0 Å². The number of anilines is 1. The van der Waals surface area contributed by atoms with Gasteiger partial charge in [-0.1, -0.05) is 6.92 Å². The predicted octanol–water partition coefficient (Wildman–Crippen LogP) is 0.733. The Kier molecular flexibility index (Phi) is 4.08. The lowest BCUT2D eigenvalue weighted by Gasteiger charge is -2.31. The average molecular weight is 387 g/mol. The fourth-order valence-corrected chi connectivity index (χ4v) is 4.31. The van der Waals surface area contributed by atoms with Crippen molar-refractivity contribution in [3.05, 3.63) is 12.7 Å². The lowest BCUT2D eigenvalue weighted by Crippen LogP contribution is -2.40. The minimum Gasteiger partial charge on any atom is -0.382 e. The molecule has 0 spiro atoms. The van der Waals surface area contributed by atoms with Gasteiger partial charge in [-0.25, -0.2) is 15.0 Å². The molecule has 10 nitrogen and oxygen atoms in total. The van der Waals surface area contributed by atoms with Crippen LogP contribution in [0.3, 0.4) is 0 Å². The summed E-state index contributed by atoms with van der Waals surface area (Å²) in [6.45, 7) is -1.06. The molecule has 2 saturated heterocycles. The molecule has 3 N–H and O–H groups in total. The Morgan fingerprint density at radius 3 is 3.04 bits per heavy atom. The van der Waals surface area contributed by atoms with Gasteiger partial charge >= 0.3 is 6.72 Å². The van der Waals surface area contributed by atoms with Crippen LogP contribution in [0.4, 0.5) is 5.82 Å². The number of fused-ring (bicyclic) bond motifs is 3. The Hall–Kier alpha value is -1.20. The summed E-state index contributed by atoms with van der Waals surface area (Å²) in [5.41, 5.74) is 6.14. The van der Waals surface area contributed by atoms with Gasteiger partial charge in [-0.15, -0.1) is 0 Å². The highest BCUT2D eigenvalue weighted by Crippen LogP contribution is 2.55. The number of imidazole rings is 1. The summed E-state index contributed by atoms with van der Waals surface area (Å²) in [4.78, 5) is 22.5. The molecule has 0 saturated carbocycles. The van der Waals surface area contributed by atoms with Crippen LogP contribution in [-0.4, -0.2) is 55.9 Å². The van der Waals surface area contributed by atoms with Crippen LogP contribution in [0.25, 0.3) is 11.2 Å². The van der Waals surface area contributed by atoms with Crippen molar-refractivity contribution in [3.8, 4) is 0 Å². The lowest BCUT2D eigenvalue weighted by atomic mass is 9.96. The van der Waals surface area contributed by atoms with E-state index in [4.69, 9.17) is 36.1 Å². The largest absolute Gasteiger partial charge is 0.382 e. The predicted molar refractivity (Wildman–Crippen MR) is 91.0 cm³/mol. The highest BCUT2D eigenvalue weighted by atomic mass is 32.5. The first kappa shape index (κ1) is 17.2. The van der Waals surface area contributed by atoms with Gasteiger partial charge in [0.15, 0.2) is 17.7 Å². The molecule has 4 heterocycles. The Balaban J connectivity index is 1.73. The highest BCUT2D eigenvalue weighted by Gasteiger charge is 2.63. The van der Waals surface area contributed by atoms with Crippen molar-refractivity contribution in [1.82, 2.24) is 19.5 Å². The average Bonchev–Trinajstić information content (AvgIpc) is 3.26. The standard InChI is InChI=1S/C13H18N5O5PS/c1-3-13-4-21-8(9(13)23-24(19,25)20-2)12(22-13)18-6-17-7-10(14)15-5-16-11(7)18/h5-6,8-9,12H,3-4H2,1-2H3,(H,19,25)(H2,14,15,16)/t8-,9?,12+,13+,24?/m0/s1. The number of nitrogen functional groups attached to an aromatic ring is 1. The minimum atomic E-state index is -3.37. The topological polar surface area (TPSA) is 127 Å². The smallest absolute Gasteiger partial charge is 0.324 e. The first-order chi connectivity index (χ1) is 11.9. The van der Waals surface area contributed by atoms with E-state index in [1.807, 2.05) is 6.92 Å². The first-order valence-electron chi connectivity index (χ1n) is 7.70. The van der Waals surface area contributed by atoms with Crippen LogP contribution in [0.1, 0.15) is 19.6 Å². The van der Waals surface area contributed by atoms with Crippen LogP contribution < -0.4 is 5.73 Å². The van der Waals surface area contributed by atoms with Gasteiger partial charge in [-0.3, -0.25) is 9.09 Å².